The number of aromatic nitrogens is 2. The molecule has 2 aromatic heterocycles. The van der Waals surface area contributed by atoms with E-state index in [1.54, 1.807) is 0 Å². The van der Waals surface area contributed by atoms with E-state index in [2.05, 4.69) is 15.0 Å². The molecule has 0 saturated carbocycles. The highest BCUT2D eigenvalue weighted by Gasteiger charge is 2.30. The van der Waals surface area contributed by atoms with Gasteiger partial charge in [0.15, 0.2) is 0 Å². The van der Waals surface area contributed by atoms with Gasteiger partial charge in [0, 0.05) is 11.8 Å². The maximum Gasteiger partial charge on any atom is 0.573 e. The summed E-state index contributed by atoms with van der Waals surface area (Å²) in [4.78, 5) is 29.2. The molecule has 0 aliphatic rings. The molecule has 0 bridgehead atoms. The van der Waals surface area contributed by atoms with E-state index in [0.29, 0.717) is 5.69 Å². The third kappa shape index (κ3) is 5.17. The number of thiophene rings is 1. The van der Waals surface area contributed by atoms with Gasteiger partial charge in [-0.2, -0.15) is 0 Å². The van der Waals surface area contributed by atoms with Gasteiger partial charge in [-0.05, 0) is 35.7 Å². The van der Waals surface area contributed by atoms with Crippen LogP contribution in [0.1, 0.15) is 0 Å². The molecule has 1 amide bonds. The van der Waals surface area contributed by atoms with Crippen LogP contribution in [0.25, 0.3) is 10.6 Å². The van der Waals surface area contributed by atoms with E-state index >= 15 is 0 Å². The second-order valence-corrected chi connectivity index (χ2v) is 6.29. The number of carbonyl (C=O) groups excluding carboxylic acids is 1. The highest BCUT2D eigenvalue weighted by atomic mass is 32.1. The van der Waals surface area contributed by atoms with Crippen LogP contribution in [0.2, 0.25) is 0 Å². The number of hydrogen-bond donors (Lipinski definition) is 1. The standard InChI is InChI=1S/C17H12F3N3O3S/c18-17(19,20)26-12-5-3-11(4-6-12)22-15(24)9-23-10-21-13(8-16(23)25)14-2-1-7-27-14/h1-8,10H,9H2,(H,22,24). The molecule has 0 saturated heterocycles. The predicted octanol–water partition coefficient (Wildman–Crippen LogP) is 3.51. The van der Waals surface area contributed by atoms with Crippen LogP contribution in [0.5, 0.6) is 5.75 Å². The second-order valence-electron chi connectivity index (χ2n) is 5.34. The molecule has 0 aliphatic carbocycles. The van der Waals surface area contributed by atoms with Crippen molar-refractivity contribution in [1.82, 2.24) is 9.55 Å². The Morgan fingerprint density at radius 1 is 1.22 bits per heavy atom. The molecule has 1 aromatic carbocycles. The molecular formula is C17H12F3N3O3S. The molecule has 0 spiro atoms. The van der Waals surface area contributed by atoms with Crippen LogP contribution < -0.4 is 15.6 Å². The fourth-order valence-electron chi connectivity index (χ4n) is 2.20. The third-order valence-corrected chi connectivity index (χ3v) is 4.23. The first-order chi connectivity index (χ1) is 12.8. The Bertz CT molecular complexity index is 983. The van der Waals surface area contributed by atoms with Crippen molar-refractivity contribution in [3.05, 3.63) is 64.5 Å². The molecular weight excluding hydrogens is 383 g/mol. The van der Waals surface area contributed by atoms with Crippen molar-refractivity contribution in [2.24, 2.45) is 0 Å². The predicted molar refractivity (Wildman–Crippen MR) is 93.6 cm³/mol. The lowest BCUT2D eigenvalue weighted by Gasteiger charge is -2.10. The lowest BCUT2D eigenvalue weighted by atomic mass is 10.3. The van der Waals surface area contributed by atoms with E-state index in [4.69, 9.17) is 0 Å². The fraction of sp³-hybridized carbons (Fsp3) is 0.118. The Labute approximate surface area is 154 Å². The van der Waals surface area contributed by atoms with E-state index in [-0.39, 0.29) is 12.2 Å². The van der Waals surface area contributed by atoms with Gasteiger partial charge >= 0.3 is 6.36 Å². The molecule has 140 valence electrons. The molecule has 0 unspecified atom stereocenters. The van der Waals surface area contributed by atoms with Crippen molar-refractivity contribution in [3.63, 3.8) is 0 Å². The molecule has 2 heterocycles. The van der Waals surface area contributed by atoms with Crippen LogP contribution in [0.3, 0.4) is 0 Å². The molecule has 10 heteroatoms. The number of nitrogens with zero attached hydrogens (tertiary/aromatic N) is 2. The van der Waals surface area contributed by atoms with Gasteiger partial charge < -0.3 is 10.1 Å². The number of benzene rings is 1. The molecule has 1 N–H and O–H groups in total. The number of ether oxygens (including phenoxy) is 1. The Morgan fingerprint density at radius 2 is 1.96 bits per heavy atom. The Hall–Kier alpha value is -3.14. The van der Waals surface area contributed by atoms with Gasteiger partial charge in [-0.25, -0.2) is 4.98 Å². The van der Waals surface area contributed by atoms with E-state index < -0.39 is 23.6 Å². The number of hydrogen-bond acceptors (Lipinski definition) is 5. The summed E-state index contributed by atoms with van der Waals surface area (Å²) in [6.45, 7) is -0.280. The number of alkyl halides is 3. The minimum atomic E-state index is -4.78. The maximum absolute atomic E-state index is 12.1. The second kappa shape index (κ2) is 7.62. The molecule has 27 heavy (non-hydrogen) atoms. The Balaban J connectivity index is 1.63. The van der Waals surface area contributed by atoms with Crippen LogP contribution in [0.4, 0.5) is 18.9 Å². The Kier molecular flexibility index (Phi) is 5.26. The SMILES string of the molecule is O=C(Cn1cnc(-c2cccs2)cc1=O)Nc1ccc(OC(F)(F)F)cc1. The largest absolute Gasteiger partial charge is 0.573 e. The number of amides is 1. The number of halogens is 3. The first-order valence-corrected chi connectivity index (χ1v) is 8.44. The summed E-state index contributed by atoms with van der Waals surface area (Å²) in [6.07, 6.45) is -3.51. The smallest absolute Gasteiger partial charge is 0.406 e. The molecule has 0 aliphatic heterocycles. The van der Waals surface area contributed by atoms with E-state index in [1.807, 2.05) is 17.5 Å². The number of rotatable bonds is 5. The first kappa shape index (κ1) is 18.6. The van der Waals surface area contributed by atoms with Crippen LogP contribution >= 0.6 is 11.3 Å². The van der Waals surface area contributed by atoms with Crippen molar-refractivity contribution in [2.75, 3.05) is 5.32 Å². The summed E-state index contributed by atoms with van der Waals surface area (Å²) < 4.78 is 41.2. The van der Waals surface area contributed by atoms with Crippen LogP contribution in [-0.4, -0.2) is 21.8 Å². The zero-order valence-electron chi connectivity index (χ0n) is 13.6. The summed E-state index contributed by atoms with van der Waals surface area (Å²) in [5, 5.41) is 4.35. The summed E-state index contributed by atoms with van der Waals surface area (Å²) in [6, 6.07) is 9.68. The first-order valence-electron chi connectivity index (χ1n) is 7.56. The highest BCUT2D eigenvalue weighted by Crippen LogP contribution is 2.24. The van der Waals surface area contributed by atoms with Crippen molar-refractivity contribution < 1.29 is 22.7 Å². The lowest BCUT2D eigenvalue weighted by Crippen LogP contribution is -2.27. The topological polar surface area (TPSA) is 73.2 Å². The number of carbonyl (C=O) groups is 1. The quantitative estimate of drug-likeness (QED) is 0.718. The minimum absolute atomic E-state index is 0.269. The third-order valence-electron chi connectivity index (χ3n) is 3.34. The zero-order valence-corrected chi connectivity index (χ0v) is 14.4. The molecule has 3 rings (SSSR count). The van der Waals surface area contributed by atoms with Gasteiger partial charge in [-0.1, -0.05) is 6.07 Å². The molecule has 0 fully saturated rings. The highest BCUT2D eigenvalue weighted by molar-refractivity contribution is 7.13. The van der Waals surface area contributed by atoms with E-state index in [9.17, 15) is 22.8 Å². The number of anilines is 1. The molecule has 6 nitrogen and oxygen atoms in total. The summed E-state index contributed by atoms with van der Waals surface area (Å²) >= 11 is 1.44. The molecule has 0 radical (unpaired) electrons. The molecule has 0 atom stereocenters. The Morgan fingerprint density at radius 3 is 2.56 bits per heavy atom. The van der Waals surface area contributed by atoms with Gasteiger partial charge in [-0.15, -0.1) is 24.5 Å². The van der Waals surface area contributed by atoms with Gasteiger partial charge in [0.1, 0.15) is 12.3 Å². The van der Waals surface area contributed by atoms with Crippen molar-refractivity contribution >= 4 is 22.9 Å². The summed E-state index contributed by atoms with van der Waals surface area (Å²) in [5.41, 5.74) is 0.398. The van der Waals surface area contributed by atoms with Crippen LogP contribution in [-0.2, 0) is 11.3 Å². The minimum Gasteiger partial charge on any atom is -0.406 e. The van der Waals surface area contributed by atoms with Crippen molar-refractivity contribution in [3.8, 4) is 16.3 Å². The lowest BCUT2D eigenvalue weighted by molar-refractivity contribution is -0.274. The van der Waals surface area contributed by atoms with Crippen LogP contribution in [0.15, 0.2) is 59.0 Å². The normalized spacial score (nSPS) is 11.2. The van der Waals surface area contributed by atoms with Gasteiger partial charge in [0.25, 0.3) is 5.56 Å². The van der Waals surface area contributed by atoms with Gasteiger partial charge in [-0.3, -0.25) is 14.2 Å². The van der Waals surface area contributed by atoms with Gasteiger partial charge in [0.2, 0.25) is 5.91 Å². The van der Waals surface area contributed by atoms with Crippen molar-refractivity contribution in [1.29, 1.82) is 0 Å². The summed E-state index contributed by atoms with van der Waals surface area (Å²) in [5.74, 6) is -0.919. The maximum atomic E-state index is 12.1. The van der Waals surface area contributed by atoms with Crippen molar-refractivity contribution in [2.45, 2.75) is 12.9 Å². The molecule has 3 aromatic rings. The average molecular weight is 395 g/mol. The van der Waals surface area contributed by atoms with E-state index in [0.717, 1.165) is 21.6 Å². The summed E-state index contributed by atoms with van der Waals surface area (Å²) in [7, 11) is 0. The monoisotopic (exact) mass is 395 g/mol. The van der Waals surface area contributed by atoms with E-state index in [1.165, 1.54) is 35.9 Å². The van der Waals surface area contributed by atoms with Crippen LogP contribution in [0, 0.1) is 0 Å². The average Bonchev–Trinajstić information content (AvgIpc) is 3.12. The fourth-order valence-corrected chi connectivity index (χ4v) is 2.89. The zero-order chi connectivity index (χ0) is 19.4. The number of nitrogens with one attached hydrogen (secondary N) is 1. The van der Waals surface area contributed by atoms with Gasteiger partial charge in [0.05, 0.1) is 16.9 Å².